The van der Waals surface area contributed by atoms with Crippen molar-refractivity contribution in [3.05, 3.63) is 22.9 Å². The number of carbonyl (C=O) groups is 1. The molecule has 0 atom stereocenters. The number of rotatable bonds is 4. The van der Waals surface area contributed by atoms with Crippen LogP contribution in [0.5, 0.6) is 0 Å². The van der Waals surface area contributed by atoms with Crippen LogP contribution < -0.4 is 5.56 Å². The summed E-state index contributed by atoms with van der Waals surface area (Å²) in [7, 11) is 0. The maximum absolute atomic E-state index is 11.4. The highest BCUT2D eigenvalue weighted by molar-refractivity contribution is 5.73. The van der Waals surface area contributed by atoms with E-state index >= 15 is 0 Å². The van der Waals surface area contributed by atoms with Gasteiger partial charge in [0.05, 0.1) is 12.5 Å². The minimum atomic E-state index is -0.291. The van der Waals surface area contributed by atoms with Crippen LogP contribution in [0.15, 0.2) is 17.3 Å². The maximum atomic E-state index is 11.4. The smallest absolute Gasteiger partial charge is 0.307 e. The predicted octanol–water partition coefficient (Wildman–Crippen LogP) is 0.420. The molecule has 1 N–H and O–H groups in total. The summed E-state index contributed by atoms with van der Waals surface area (Å²) in [5.41, 5.74) is 0.138. The Morgan fingerprint density at radius 1 is 1.59 bits per heavy atom. The molecule has 0 aliphatic heterocycles. The van der Waals surface area contributed by atoms with Crippen LogP contribution in [0, 0.1) is 0 Å². The van der Waals surface area contributed by atoms with Crippen molar-refractivity contribution in [2.45, 2.75) is 26.5 Å². The Labute approximate surface area is 96.4 Å². The van der Waals surface area contributed by atoms with E-state index in [1.54, 1.807) is 0 Å². The number of hydrogen-bond acceptors (Lipinski definition) is 5. The van der Waals surface area contributed by atoms with E-state index in [9.17, 15) is 9.59 Å². The van der Waals surface area contributed by atoms with Crippen molar-refractivity contribution in [1.82, 2.24) is 19.7 Å². The first-order valence-electron chi connectivity index (χ1n) is 5.27. The monoisotopic (exact) mass is 236 g/mol. The molecule has 0 amide bonds. The summed E-state index contributed by atoms with van der Waals surface area (Å²) in [5.74, 6) is -0.291. The van der Waals surface area contributed by atoms with Crippen molar-refractivity contribution in [3.63, 3.8) is 0 Å². The van der Waals surface area contributed by atoms with Gasteiger partial charge in [-0.2, -0.15) is 5.10 Å². The normalized spacial score (nSPS) is 10.6. The lowest BCUT2D eigenvalue weighted by atomic mass is 10.3. The third-order valence-electron chi connectivity index (χ3n) is 2.24. The molecular weight excluding hydrogens is 224 g/mol. The van der Waals surface area contributed by atoms with Gasteiger partial charge in [-0.1, -0.05) is 6.92 Å². The minimum Gasteiger partial charge on any atom is -0.442 e. The summed E-state index contributed by atoms with van der Waals surface area (Å²) in [5, 5.41) is 4.32. The number of aromatic amines is 1. The lowest BCUT2D eigenvalue weighted by Gasteiger charge is -2.04. The summed E-state index contributed by atoms with van der Waals surface area (Å²) >= 11 is 0. The van der Waals surface area contributed by atoms with Crippen molar-refractivity contribution in [3.8, 4) is 0 Å². The molecule has 90 valence electrons. The molecule has 0 radical (unpaired) electrons. The molecule has 7 heteroatoms. The summed E-state index contributed by atoms with van der Waals surface area (Å²) in [6.45, 7) is 1.87. The molecular formula is C10H12N4O3. The molecule has 0 saturated heterocycles. The van der Waals surface area contributed by atoms with Gasteiger partial charge in [0.15, 0.2) is 12.4 Å². The van der Waals surface area contributed by atoms with Gasteiger partial charge >= 0.3 is 5.97 Å². The number of nitrogens with zero attached hydrogens (tertiary/aromatic N) is 3. The van der Waals surface area contributed by atoms with E-state index in [1.807, 2.05) is 6.92 Å². The Morgan fingerprint density at radius 3 is 3.18 bits per heavy atom. The first-order chi connectivity index (χ1) is 8.22. The topological polar surface area (TPSA) is 89.9 Å². The zero-order valence-electron chi connectivity index (χ0n) is 9.34. The molecule has 0 aliphatic carbocycles. The highest BCUT2D eigenvalue weighted by Crippen LogP contribution is 2.04. The molecule has 2 rings (SSSR count). The molecule has 7 nitrogen and oxygen atoms in total. The fraction of sp³-hybridized carbons (Fsp3) is 0.400. The average Bonchev–Trinajstić information content (AvgIpc) is 2.72. The Bertz CT molecular complexity index is 586. The number of H-pyrrole nitrogens is 1. The van der Waals surface area contributed by atoms with Gasteiger partial charge in [-0.25, -0.2) is 9.67 Å². The molecule has 0 unspecified atom stereocenters. The number of hydrogen-bond donors (Lipinski definition) is 1. The van der Waals surface area contributed by atoms with Gasteiger partial charge in [0.2, 0.25) is 0 Å². The third kappa shape index (κ3) is 2.32. The fourth-order valence-electron chi connectivity index (χ4n) is 1.41. The van der Waals surface area contributed by atoms with Crippen LogP contribution in [0.2, 0.25) is 0 Å². The summed E-state index contributed by atoms with van der Waals surface area (Å²) in [4.78, 5) is 29.0. The number of esters is 1. The van der Waals surface area contributed by atoms with Crippen molar-refractivity contribution in [2.24, 2.45) is 0 Å². The van der Waals surface area contributed by atoms with Crippen LogP contribution in [0.1, 0.15) is 19.8 Å². The van der Waals surface area contributed by atoms with E-state index in [0.29, 0.717) is 17.5 Å². The lowest BCUT2D eigenvalue weighted by Crippen LogP contribution is -2.12. The molecule has 17 heavy (non-hydrogen) atoms. The maximum Gasteiger partial charge on any atom is 0.307 e. The largest absolute Gasteiger partial charge is 0.442 e. The fourth-order valence-corrected chi connectivity index (χ4v) is 1.41. The van der Waals surface area contributed by atoms with E-state index in [4.69, 9.17) is 4.74 Å². The van der Waals surface area contributed by atoms with E-state index < -0.39 is 0 Å². The van der Waals surface area contributed by atoms with Gasteiger partial charge in [0.25, 0.3) is 5.56 Å². The van der Waals surface area contributed by atoms with Crippen LogP contribution in [-0.4, -0.2) is 25.7 Å². The number of carbonyl (C=O) groups excluding carboxylic acids is 1. The van der Waals surface area contributed by atoms with Gasteiger partial charge in [0, 0.05) is 6.42 Å². The van der Waals surface area contributed by atoms with Crippen molar-refractivity contribution >= 4 is 17.0 Å². The highest BCUT2D eigenvalue weighted by Gasteiger charge is 2.08. The van der Waals surface area contributed by atoms with Crippen molar-refractivity contribution in [1.29, 1.82) is 0 Å². The summed E-state index contributed by atoms with van der Waals surface area (Å²) in [6, 6.07) is 0. The van der Waals surface area contributed by atoms with Gasteiger partial charge in [-0.15, -0.1) is 0 Å². The number of aromatic nitrogens is 4. The summed E-state index contributed by atoms with van der Waals surface area (Å²) < 4.78 is 6.36. The van der Waals surface area contributed by atoms with Gasteiger partial charge in [-0.05, 0) is 6.42 Å². The second-order valence-electron chi connectivity index (χ2n) is 3.51. The number of ether oxygens (including phenoxy) is 1. The van der Waals surface area contributed by atoms with E-state index in [0.717, 1.165) is 6.42 Å². The standard InChI is InChI=1S/C10H12N4O3/c1-2-3-8(15)17-6-14-9-7(4-13-14)10(16)12-5-11-9/h4-5H,2-3,6H2,1H3,(H,11,12,16). The molecule has 0 aliphatic rings. The third-order valence-corrected chi connectivity index (χ3v) is 2.24. The van der Waals surface area contributed by atoms with E-state index in [-0.39, 0.29) is 18.3 Å². The van der Waals surface area contributed by atoms with Gasteiger partial charge in [-0.3, -0.25) is 9.59 Å². The summed E-state index contributed by atoms with van der Waals surface area (Å²) in [6.07, 6.45) is 3.79. The zero-order valence-corrected chi connectivity index (χ0v) is 9.34. The van der Waals surface area contributed by atoms with Gasteiger partial charge in [0.1, 0.15) is 5.39 Å². The predicted molar refractivity (Wildman–Crippen MR) is 59.1 cm³/mol. The SMILES string of the molecule is CCCC(=O)OCn1ncc2c(=O)[nH]cnc21. The minimum absolute atomic E-state index is 0.0290. The molecule has 2 aromatic heterocycles. The Kier molecular flexibility index (Phi) is 3.17. The number of nitrogens with one attached hydrogen (secondary N) is 1. The van der Waals surface area contributed by atoms with E-state index in [2.05, 4.69) is 15.1 Å². The van der Waals surface area contributed by atoms with Crippen LogP contribution >= 0.6 is 0 Å². The van der Waals surface area contributed by atoms with Crippen LogP contribution in [0.25, 0.3) is 11.0 Å². The molecule has 0 fully saturated rings. The van der Waals surface area contributed by atoms with Crippen LogP contribution in [-0.2, 0) is 16.3 Å². The van der Waals surface area contributed by atoms with E-state index in [1.165, 1.54) is 17.2 Å². The quantitative estimate of drug-likeness (QED) is 0.777. The first kappa shape index (κ1) is 11.3. The Morgan fingerprint density at radius 2 is 2.41 bits per heavy atom. The molecule has 2 heterocycles. The zero-order chi connectivity index (χ0) is 12.3. The molecule has 0 aromatic carbocycles. The number of fused-ring (bicyclic) bond motifs is 1. The molecule has 0 bridgehead atoms. The first-order valence-corrected chi connectivity index (χ1v) is 5.27. The molecule has 2 aromatic rings. The van der Waals surface area contributed by atoms with Crippen molar-refractivity contribution in [2.75, 3.05) is 0 Å². The second-order valence-corrected chi connectivity index (χ2v) is 3.51. The average molecular weight is 236 g/mol. The van der Waals surface area contributed by atoms with Gasteiger partial charge < -0.3 is 9.72 Å². The lowest BCUT2D eigenvalue weighted by molar-refractivity contribution is -0.147. The highest BCUT2D eigenvalue weighted by atomic mass is 16.5. The molecule has 0 spiro atoms. The molecule has 0 saturated carbocycles. The second kappa shape index (κ2) is 4.77. The van der Waals surface area contributed by atoms with Crippen LogP contribution in [0.3, 0.4) is 0 Å². The Balaban J connectivity index is 2.17. The Hall–Kier alpha value is -2.18. The van der Waals surface area contributed by atoms with Crippen LogP contribution in [0.4, 0.5) is 0 Å². The van der Waals surface area contributed by atoms with Crippen molar-refractivity contribution < 1.29 is 9.53 Å².